The number of carbonyl (C=O) groups is 1. The molecule has 0 aliphatic carbocycles. The Bertz CT molecular complexity index is 309. The first-order valence-corrected chi connectivity index (χ1v) is 4.42. The number of methoxy groups -OCH3 is 1. The number of carbonyl (C=O) groups excluding carboxylic acids is 1. The summed E-state index contributed by atoms with van der Waals surface area (Å²) in [5.74, 6) is -0.0878. The molecule has 0 bridgehead atoms. The first-order chi connectivity index (χ1) is 6.65. The topological polar surface area (TPSA) is 70.1 Å². The lowest BCUT2D eigenvalue weighted by Gasteiger charge is -2.07. The van der Waals surface area contributed by atoms with Gasteiger partial charge in [-0.2, -0.15) is 5.10 Å². The van der Waals surface area contributed by atoms with Crippen LogP contribution in [0.2, 0.25) is 0 Å². The zero-order valence-corrected chi connectivity index (χ0v) is 8.43. The molecular formula is C9H15N3O2. The maximum absolute atomic E-state index is 11.6. The van der Waals surface area contributed by atoms with Crippen molar-refractivity contribution in [2.24, 2.45) is 12.8 Å². The average molecular weight is 197 g/mol. The van der Waals surface area contributed by atoms with Gasteiger partial charge in [0, 0.05) is 27.0 Å². The molecule has 1 rings (SSSR count). The second-order valence-corrected chi connectivity index (χ2v) is 3.15. The predicted octanol–water partition coefficient (Wildman–Crippen LogP) is -0.0334. The van der Waals surface area contributed by atoms with Crippen LogP contribution in [0.15, 0.2) is 12.4 Å². The molecule has 78 valence electrons. The number of nitrogens with two attached hydrogens (primary N) is 1. The van der Waals surface area contributed by atoms with Crippen LogP contribution in [0.3, 0.4) is 0 Å². The van der Waals surface area contributed by atoms with Gasteiger partial charge in [-0.25, -0.2) is 0 Å². The highest BCUT2D eigenvalue weighted by atomic mass is 16.5. The average Bonchev–Trinajstić information content (AvgIpc) is 2.60. The Labute approximate surface area is 82.8 Å². The highest BCUT2D eigenvalue weighted by Crippen LogP contribution is 2.03. The molecule has 5 heteroatoms. The summed E-state index contributed by atoms with van der Waals surface area (Å²) in [5.41, 5.74) is 6.23. The largest absolute Gasteiger partial charge is 0.385 e. The molecule has 5 nitrogen and oxygen atoms in total. The number of aryl methyl sites for hydroxylation is 1. The van der Waals surface area contributed by atoms with Gasteiger partial charge in [-0.3, -0.25) is 9.48 Å². The minimum Gasteiger partial charge on any atom is -0.385 e. The van der Waals surface area contributed by atoms with E-state index in [1.807, 2.05) is 0 Å². The van der Waals surface area contributed by atoms with Gasteiger partial charge < -0.3 is 10.5 Å². The maximum atomic E-state index is 11.6. The highest BCUT2D eigenvalue weighted by Gasteiger charge is 2.16. The van der Waals surface area contributed by atoms with Gasteiger partial charge in [-0.15, -0.1) is 0 Å². The fourth-order valence-electron chi connectivity index (χ4n) is 1.14. The van der Waals surface area contributed by atoms with E-state index in [2.05, 4.69) is 5.10 Å². The van der Waals surface area contributed by atoms with Crippen LogP contribution in [0, 0.1) is 0 Å². The van der Waals surface area contributed by atoms with Crippen LogP contribution in [0.25, 0.3) is 0 Å². The summed E-state index contributed by atoms with van der Waals surface area (Å²) in [4.78, 5) is 11.6. The number of Topliss-reactive ketones (excluding diaryl/α,β-unsaturated/α-hetero) is 1. The molecule has 0 spiro atoms. The van der Waals surface area contributed by atoms with Crippen molar-refractivity contribution < 1.29 is 9.53 Å². The van der Waals surface area contributed by atoms with Crippen LogP contribution in [0.1, 0.15) is 16.8 Å². The minimum absolute atomic E-state index is 0.0878. The Morgan fingerprint density at radius 3 is 3.00 bits per heavy atom. The van der Waals surface area contributed by atoms with Crippen molar-refractivity contribution in [2.75, 3.05) is 13.7 Å². The smallest absolute Gasteiger partial charge is 0.182 e. The lowest BCUT2D eigenvalue weighted by molar-refractivity contribution is 0.0935. The molecule has 0 saturated carbocycles. The zero-order valence-electron chi connectivity index (χ0n) is 8.43. The van der Waals surface area contributed by atoms with Gasteiger partial charge in [0.2, 0.25) is 0 Å². The van der Waals surface area contributed by atoms with Crippen molar-refractivity contribution in [3.63, 3.8) is 0 Å². The van der Waals surface area contributed by atoms with Gasteiger partial charge in [0.15, 0.2) is 5.78 Å². The Balaban J connectivity index is 2.56. The summed E-state index contributed by atoms with van der Waals surface area (Å²) in [6.07, 6.45) is 3.72. The van der Waals surface area contributed by atoms with E-state index in [-0.39, 0.29) is 5.78 Å². The number of ketones is 1. The monoisotopic (exact) mass is 197 g/mol. The SMILES string of the molecule is COCCC(N)C(=O)c1cnn(C)c1. The zero-order chi connectivity index (χ0) is 10.6. The molecule has 1 unspecified atom stereocenters. The van der Waals surface area contributed by atoms with Crippen LogP contribution in [-0.2, 0) is 11.8 Å². The summed E-state index contributed by atoms with van der Waals surface area (Å²) < 4.78 is 6.43. The number of aromatic nitrogens is 2. The Morgan fingerprint density at radius 1 is 1.79 bits per heavy atom. The lowest BCUT2D eigenvalue weighted by atomic mass is 10.1. The number of hydrogen-bond acceptors (Lipinski definition) is 4. The van der Waals surface area contributed by atoms with E-state index < -0.39 is 6.04 Å². The summed E-state index contributed by atoms with van der Waals surface area (Å²) in [5, 5.41) is 3.91. The molecule has 0 saturated heterocycles. The van der Waals surface area contributed by atoms with Gasteiger partial charge in [0.1, 0.15) is 0 Å². The molecule has 0 aromatic carbocycles. The molecule has 1 aromatic heterocycles. The third-order valence-electron chi connectivity index (χ3n) is 1.96. The van der Waals surface area contributed by atoms with Gasteiger partial charge in [-0.05, 0) is 6.42 Å². The van der Waals surface area contributed by atoms with Gasteiger partial charge in [0.05, 0.1) is 17.8 Å². The van der Waals surface area contributed by atoms with Crippen molar-refractivity contribution in [1.29, 1.82) is 0 Å². The standard InChI is InChI=1S/C9H15N3O2/c1-12-6-7(5-11-12)9(13)8(10)3-4-14-2/h5-6,8H,3-4,10H2,1-2H3. The summed E-state index contributed by atoms with van der Waals surface area (Å²) in [6.45, 7) is 0.493. The molecule has 1 atom stereocenters. The number of nitrogens with zero attached hydrogens (tertiary/aromatic N) is 2. The number of rotatable bonds is 5. The van der Waals surface area contributed by atoms with Crippen molar-refractivity contribution in [3.8, 4) is 0 Å². The first kappa shape index (κ1) is 10.9. The van der Waals surface area contributed by atoms with Crippen LogP contribution in [0.4, 0.5) is 0 Å². The lowest BCUT2D eigenvalue weighted by Crippen LogP contribution is -2.31. The molecule has 0 fully saturated rings. The van der Waals surface area contributed by atoms with Gasteiger partial charge in [-0.1, -0.05) is 0 Å². The molecule has 14 heavy (non-hydrogen) atoms. The third-order valence-corrected chi connectivity index (χ3v) is 1.96. The first-order valence-electron chi connectivity index (χ1n) is 4.42. The molecule has 0 aliphatic rings. The van der Waals surface area contributed by atoms with E-state index in [1.54, 1.807) is 25.0 Å². The summed E-state index contributed by atoms with van der Waals surface area (Å²) in [6, 6.07) is -0.501. The molecule has 2 N–H and O–H groups in total. The van der Waals surface area contributed by atoms with E-state index in [9.17, 15) is 4.79 Å². The van der Waals surface area contributed by atoms with Crippen LogP contribution in [0.5, 0.6) is 0 Å². The van der Waals surface area contributed by atoms with Crippen molar-refractivity contribution in [3.05, 3.63) is 18.0 Å². The second kappa shape index (κ2) is 4.88. The third kappa shape index (κ3) is 2.65. The second-order valence-electron chi connectivity index (χ2n) is 3.15. The van der Waals surface area contributed by atoms with E-state index in [1.165, 1.54) is 6.20 Å². The van der Waals surface area contributed by atoms with Crippen molar-refractivity contribution in [1.82, 2.24) is 9.78 Å². The van der Waals surface area contributed by atoms with Crippen molar-refractivity contribution in [2.45, 2.75) is 12.5 Å². The van der Waals surface area contributed by atoms with E-state index >= 15 is 0 Å². The quantitative estimate of drug-likeness (QED) is 0.673. The molecule has 1 heterocycles. The fourth-order valence-corrected chi connectivity index (χ4v) is 1.14. The van der Waals surface area contributed by atoms with E-state index in [0.29, 0.717) is 18.6 Å². The number of ether oxygens (including phenoxy) is 1. The van der Waals surface area contributed by atoms with Gasteiger partial charge >= 0.3 is 0 Å². The number of hydrogen-bond donors (Lipinski definition) is 1. The maximum Gasteiger partial charge on any atom is 0.182 e. The minimum atomic E-state index is -0.501. The molecule has 1 aromatic rings. The Hall–Kier alpha value is -1.20. The highest BCUT2D eigenvalue weighted by molar-refractivity contribution is 5.99. The molecule has 0 radical (unpaired) electrons. The van der Waals surface area contributed by atoms with E-state index in [0.717, 1.165) is 0 Å². The molecule has 0 aliphatic heterocycles. The predicted molar refractivity (Wildman–Crippen MR) is 52.0 cm³/mol. The van der Waals surface area contributed by atoms with Gasteiger partial charge in [0.25, 0.3) is 0 Å². The Morgan fingerprint density at radius 2 is 2.50 bits per heavy atom. The summed E-state index contributed by atoms with van der Waals surface area (Å²) >= 11 is 0. The molecular weight excluding hydrogens is 182 g/mol. The normalized spacial score (nSPS) is 12.8. The van der Waals surface area contributed by atoms with Crippen LogP contribution in [-0.4, -0.2) is 35.3 Å². The Kier molecular flexibility index (Phi) is 3.79. The fraction of sp³-hybridized carbons (Fsp3) is 0.556. The van der Waals surface area contributed by atoms with Crippen LogP contribution >= 0.6 is 0 Å². The molecule has 0 amide bonds. The van der Waals surface area contributed by atoms with Crippen molar-refractivity contribution >= 4 is 5.78 Å². The van der Waals surface area contributed by atoms with Crippen LogP contribution < -0.4 is 5.73 Å². The van der Waals surface area contributed by atoms with E-state index in [4.69, 9.17) is 10.5 Å². The summed E-state index contributed by atoms with van der Waals surface area (Å²) in [7, 11) is 3.35.